The molecule has 1 unspecified atom stereocenters. The Bertz CT molecular complexity index is 1750. The molecular weight excluding hydrogens is 675 g/mol. The Morgan fingerprint density at radius 1 is 1.32 bits per heavy atom. The van der Waals surface area contributed by atoms with Gasteiger partial charge in [-0.3, -0.25) is 28.2 Å². The molecule has 4 rings (SSSR count). The predicted octanol–water partition coefficient (Wildman–Crippen LogP) is 2.53. The molecule has 1 saturated heterocycles. The first-order chi connectivity index (χ1) is 21.9. The number of aliphatic hydroxyl groups is 2. The van der Waals surface area contributed by atoms with Crippen molar-refractivity contribution in [2.75, 3.05) is 31.3 Å². The maximum absolute atomic E-state index is 16.1. The molecule has 14 nitrogen and oxygen atoms in total. The third kappa shape index (κ3) is 8.04. The fourth-order valence-corrected chi connectivity index (χ4v) is 6.52. The molecule has 5 atom stereocenters. The molecule has 0 amide bonds. The van der Waals surface area contributed by atoms with E-state index < -0.39 is 67.8 Å². The molecule has 256 valence electrons. The summed E-state index contributed by atoms with van der Waals surface area (Å²) in [4.78, 5) is 34.6. The van der Waals surface area contributed by atoms with Crippen LogP contribution in [-0.4, -0.2) is 78.3 Å². The van der Waals surface area contributed by atoms with Crippen molar-refractivity contribution in [2.24, 2.45) is 5.41 Å². The van der Waals surface area contributed by atoms with Crippen LogP contribution in [0.1, 0.15) is 31.2 Å². The van der Waals surface area contributed by atoms with Crippen molar-refractivity contribution < 1.29 is 50.9 Å². The lowest BCUT2D eigenvalue weighted by Crippen LogP contribution is -2.42. The van der Waals surface area contributed by atoms with Crippen molar-refractivity contribution in [3.63, 3.8) is 0 Å². The first-order valence-electron chi connectivity index (χ1n) is 13.7. The SMILES string of the molecule is C#C[C@@]1(F)[C@H](O)[C@@H](COP(=O)(NCc2ccc(C(F)(F)F)cc2)OCCSC(=O)C(C)(C)CO)O[C@H]1n1cnc2c(=O)[nH]c(N)nc21. The number of alkyl halides is 4. The molecule has 47 heavy (non-hydrogen) atoms. The number of terminal acetylenes is 1. The average molecular weight is 707 g/mol. The number of aromatic nitrogens is 4. The normalized spacial score (nSPS) is 23.1. The topological polar surface area (TPSA) is 204 Å². The molecule has 1 fully saturated rings. The second kappa shape index (κ2) is 14.0. The third-order valence-electron chi connectivity index (χ3n) is 7.06. The molecule has 0 radical (unpaired) electrons. The number of halogens is 4. The van der Waals surface area contributed by atoms with E-state index in [4.69, 9.17) is 25.9 Å². The molecule has 1 aliphatic rings. The molecule has 3 aromatic rings. The highest BCUT2D eigenvalue weighted by molar-refractivity contribution is 8.13. The first kappa shape index (κ1) is 36.5. The number of aromatic amines is 1. The number of nitrogen functional groups attached to an aromatic ring is 1. The van der Waals surface area contributed by atoms with Gasteiger partial charge in [-0.1, -0.05) is 29.8 Å². The van der Waals surface area contributed by atoms with Gasteiger partial charge in [0.1, 0.15) is 12.2 Å². The number of H-pyrrole nitrogens is 1. The molecule has 0 bridgehead atoms. The van der Waals surface area contributed by atoms with E-state index in [1.54, 1.807) is 0 Å². The van der Waals surface area contributed by atoms with Gasteiger partial charge in [-0.25, -0.2) is 19.0 Å². The summed E-state index contributed by atoms with van der Waals surface area (Å²) in [6.07, 6.45) is -3.58. The standard InChI is InChI=1S/C27H31F4N6O8PS/c1-4-26(28)19(39)17(45-22(26)37-14-33-18-20(37)35-24(32)36-21(18)40)12-44-46(42,43-9-10-47-23(41)25(2,3)13-38)34-11-15-5-7-16(8-6-15)27(29,30)31/h1,5-8,14,17,19,22,38-39H,9-13H2,2-3H3,(H,34,42)(H3,32,35,36,40)/t17-,19-,22-,26-,46?/m1/s1. The molecule has 3 heterocycles. The van der Waals surface area contributed by atoms with Crippen LogP contribution in [0.4, 0.5) is 23.5 Å². The maximum Gasteiger partial charge on any atom is 0.416 e. The lowest BCUT2D eigenvalue weighted by molar-refractivity contribution is -0.137. The van der Waals surface area contributed by atoms with Crippen LogP contribution in [0, 0.1) is 17.8 Å². The molecule has 1 aromatic carbocycles. The van der Waals surface area contributed by atoms with Crippen molar-refractivity contribution in [2.45, 2.75) is 50.7 Å². The molecular formula is C27H31F4N6O8PS. The molecule has 20 heteroatoms. The van der Waals surface area contributed by atoms with Crippen LogP contribution in [0.2, 0.25) is 0 Å². The van der Waals surface area contributed by atoms with Crippen molar-refractivity contribution in [3.8, 4) is 12.3 Å². The fraction of sp³-hybridized carbons (Fsp3) is 0.481. The monoisotopic (exact) mass is 706 g/mol. The minimum absolute atomic E-state index is 0.0319. The van der Waals surface area contributed by atoms with E-state index in [9.17, 15) is 37.5 Å². The molecule has 1 aliphatic heterocycles. The van der Waals surface area contributed by atoms with E-state index in [0.29, 0.717) is 0 Å². The Kier molecular flexibility index (Phi) is 10.9. The van der Waals surface area contributed by atoms with Gasteiger partial charge in [0, 0.05) is 12.3 Å². The average Bonchev–Trinajstić information content (AvgIpc) is 3.55. The van der Waals surface area contributed by atoms with Crippen molar-refractivity contribution in [1.29, 1.82) is 0 Å². The summed E-state index contributed by atoms with van der Waals surface area (Å²) in [6, 6.07) is 3.94. The van der Waals surface area contributed by atoms with Gasteiger partial charge >= 0.3 is 13.9 Å². The van der Waals surface area contributed by atoms with E-state index in [0.717, 1.165) is 46.9 Å². The summed E-state index contributed by atoms with van der Waals surface area (Å²) >= 11 is 0.796. The number of anilines is 1. The Labute approximate surface area is 269 Å². The lowest BCUT2D eigenvalue weighted by Gasteiger charge is -2.24. The lowest BCUT2D eigenvalue weighted by atomic mass is 9.97. The van der Waals surface area contributed by atoms with Gasteiger partial charge in [-0.15, -0.1) is 6.42 Å². The second-order valence-corrected chi connectivity index (χ2v) is 13.9. The van der Waals surface area contributed by atoms with Crippen LogP contribution in [0.5, 0.6) is 0 Å². The van der Waals surface area contributed by atoms with Crippen molar-refractivity contribution >= 4 is 41.7 Å². The van der Waals surface area contributed by atoms with Gasteiger partial charge in [0.2, 0.25) is 11.6 Å². The number of ether oxygens (including phenoxy) is 1. The number of nitrogens with two attached hydrogens (primary N) is 1. The van der Waals surface area contributed by atoms with E-state index in [2.05, 4.69) is 20.0 Å². The summed E-state index contributed by atoms with van der Waals surface area (Å²) in [5.74, 6) is 1.49. The highest BCUT2D eigenvalue weighted by atomic mass is 32.2. The number of nitrogens with zero attached hydrogens (tertiary/aromatic N) is 3. The van der Waals surface area contributed by atoms with Crippen LogP contribution in [0.25, 0.3) is 11.2 Å². The number of carbonyl (C=O) groups is 1. The third-order valence-corrected chi connectivity index (χ3v) is 9.81. The fourth-order valence-electron chi connectivity index (χ4n) is 4.28. The van der Waals surface area contributed by atoms with Crippen LogP contribution in [-0.2, 0) is 35.9 Å². The maximum atomic E-state index is 16.1. The summed E-state index contributed by atoms with van der Waals surface area (Å²) < 4.78 is 86.3. The van der Waals surface area contributed by atoms with E-state index in [1.807, 2.05) is 5.92 Å². The van der Waals surface area contributed by atoms with Crippen LogP contribution in [0.15, 0.2) is 35.4 Å². The molecule has 0 aliphatic carbocycles. The summed E-state index contributed by atoms with van der Waals surface area (Å²) in [5, 5.41) is 22.4. The zero-order valence-electron chi connectivity index (χ0n) is 24.9. The second-order valence-electron chi connectivity index (χ2n) is 11.0. The molecule has 2 aromatic heterocycles. The zero-order valence-corrected chi connectivity index (χ0v) is 26.6. The molecule has 0 saturated carbocycles. The quantitative estimate of drug-likeness (QED) is 0.0752. The van der Waals surface area contributed by atoms with Gasteiger partial charge in [-0.2, -0.15) is 18.2 Å². The van der Waals surface area contributed by atoms with Crippen LogP contribution in [0.3, 0.4) is 0 Å². The number of imidazole rings is 1. The van der Waals surface area contributed by atoms with Gasteiger partial charge in [0.15, 0.2) is 22.5 Å². The zero-order chi connectivity index (χ0) is 34.8. The van der Waals surface area contributed by atoms with E-state index >= 15 is 4.39 Å². The van der Waals surface area contributed by atoms with Gasteiger partial charge in [-0.05, 0) is 31.5 Å². The first-order valence-corrected chi connectivity index (χ1v) is 16.3. The number of rotatable bonds is 13. The predicted molar refractivity (Wildman–Crippen MR) is 161 cm³/mol. The number of fused-ring (bicyclic) bond motifs is 1. The highest BCUT2D eigenvalue weighted by Gasteiger charge is 2.58. The Morgan fingerprint density at radius 2 is 2.00 bits per heavy atom. The molecule has 6 N–H and O–H groups in total. The van der Waals surface area contributed by atoms with Crippen LogP contribution >= 0.6 is 19.5 Å². The Morgan fingerprint density at radius 3 is 2.62 bits per heavy atom. The number of aliphatic hydroxyl groups excluding tert-OH is 2. The van der Waals surface area contributed by atoms with Gasteiger partial charge < -0.3 is 20.7 Å². The van der Waals surface area contributed by atoms with Crippen molar-refractivity contribution in [3.05, 3.63) is 52.1 Å². The summed E-state index contributed by atoms with van der Waals surface area (Å²) in [6.45, 7) is 1.21. The van der Waals surface area contributed by atoms with Crippen LogP contribution < -0.4 is 16.4 Å². The number of nitrogens with one attached hydrogen (secondary N) is 2. The number of hydrogen-bond acceptors (Lipinski definition) is 12. The Balaban J connectivity index is 1.51. The van der Waals surface area contributed by atoms with E-state index in [-0.39, 0.29) is 46.7 Å². The highest BCUT2D eigenvalue weighted by Crippen LogP contribution is 2.47. The Hall–Kier alpha value is -3.34. The smallest absolute Gasteiger partial charge is 0.395 e. The minimum atomic E-state index is -4.57. The number of hydrogen-bond donors (Lipinski definition) is 5. The van der Waals surface area contributed by atoms with Crippen molar-refractivity contribution in [1.82, 2.24) is 24.6 Å². The number of benzene rings is 1. The number of carbonyl (C=O) groups excluding carboxylic acids is 1. The van der Waals surface area contributed by atoms with Gasteiger partial charge in [0.05, 0.1) is 37.1 Å². The summed E-state index contributed by atoms with van der Waals surface area (Å²) in [5.41, 5.74) is -0.169. The minimum Gasteiger partial charge on any atom is -0.395 e. The largest absolute Gasteiger partial charge is 0.416 e. The summed E-state index contributed by atoms with van der Waals surface area (Å²) in [7, 11) is -4.40. The van der Waals surface area contributed by atoms with Gasteiger partial charge in [0.25, 0.3) is 5.56 Å². The number of thioether (sulfide) groups is 1. The molecule has 0 spiro atoms. The van der Waals surface area contributed by atoms with E-state index in [1.165, 1.54) is 13.8 Å².